The molecule has 2 heterocycles. The van der Waals surface area contributed by atoms with Gasteiger partial charge >= 0.3 is 29.1 Å². The Morgan fingerprint density at radius 1 is 0.882 bits per heavy atom. The molecule has 1 N–H and O–H groups in total. The van der Waals surface area contributed by atoms with Crippen molar-refractivity contribution >= 4 is 30.7 Å². The summed E-state index contributed by atoms with van der Waals surface area (Å²) >= 11 is 0. The first kappa shape index (κ1) is 26.1. The van der Waals surface area contributed by atoms with E-state index in [1.54, 1.807) is 13.8 Å². The average Bonchev–Trinajstić information content (AvgIpc) is 2.70. The van der Waals surface area contributed by atoms with E-state index in [0.29, 0.717) is 13.7 Å². The molecule has 0 aliphatic carbocycles. The number of aliphatic hydroxyl groups is 1. The zero-order valence-corrected chi connectivity index (χ0v) is 19.6. The number of imide groups is 1. The fourth-order valence-corrected chi connectivity index (χ4v) is 3.45. The van der Waals surface area contributed by atoms with Gasteiger partial charge in [0.05, 0.1) is 0 Å². The van der Waals surface area contributed by atoms with Gasteiger partial charge in [-0.3, -0.25) is 9.80 Å². The van der Waals surface area contributed by atoms with E-state index >= 15 is 0 Å². The second kappa shape index (κ2) is 9.35. The average molecular weight is 473 g/mol. The van der Waals surface area contributed by atoms with Crippen LogP contribution in [0, 0.1) is 0 Å². The maximum absolute atomic E-state index is 13.1. The van der Waals surface area contributed by atoms with E-state index in [-0.39, 0.29) is 17.8 Å². The van der Waals surface area contributed by atoms with Crippen LogP contribution < -0.4 is 17.1 Å². The van der Waals surface area contributed by atoms with Crippen LogP contribution in [-0.4, -0.2) is 57.5 Å². The van der Waals surface area contributed by atoms with Crippen LogP contribution >= 0.6 is 0 Å². The number of carbonyl (C=O) groups is 2. The standard InChI is InChI=1S/C22H28N6O6/c1-9-23-16(29)24(10-2)18(31)25(17(23)30)13-11-12-22(7,8)28-20(33)26(14(3)4)19(32)27(15(5)6)21(28)34/h9-11,13,20,33H,1-3,5,12H2,4,6-8H3/b13-11+. The number of rotatable bonds is 8. The molecule has 0 bridgehead atoms. The number of carbonyl (C=O) groups excluding carboxylic acids is 2. The predicted molar refractivity (Wildman–Crippen MR) is 128 cm³/mol. The van der Waals surface area contributed by atoms with E-state index in [0.717, 1.165) is 33.3 Å². The molecule has 1 aromatic rings. The van der Waals surface area contributed by atoms with Crippen molar-refractivity contribution in [1.29, 1.82) is 0 Å². The van der Waals surface area contributed by atoms with Crippen molar-refractivity contribution in [3.8, 4) is 0 Å². The molecule has 1 fully saturated rings. The molecule has 1 aliphatic rings. The quantitative estimate of drug-likeness (QED) is 0.610. The topological polar surface area (TPSA) is 130 Å². The molecular weight excluding hydrogens is 444 g/mol. The molecule has 2 rings (SSSR count). The summed E-state index contributed by atoms with van der Waals surface area (Å²) in [7, 11) is 0. The third-order valence-corrected chi connectivity index (χ3v) is 5.18. The van der Waals surface area contributed by atoms with Crippen LogP contribution in [0.2, 0.25) is 0 Å². The molecule has 1 aromatic heterocycles. The summed E-state index contributed by atoms with van der Waals surface area (Å²) < 4.78 is 1.95. The Morgan fingerprint density at radius 3 is 1.76 bits per heavy atom. The number of amides is 4. The minimum absolute atomic E-state index is 0.0330. The predicted octanol–water partition coefficient (Wildman–Crippen LogP) is 1.51. The van der Waals surface area contributed by atoms with Crippen LogP contribution in [0.25, 0.3) is 18.6 Å². The summed E-state index contributed by atoms with van der Waals surface area (Å²) in [6, 6.07) is -1.59. The van der Waals surface area contributed by atoms with Crippen LogP contribution in [0.5, 0.6) is 0 Å². The molecule has 0 radical (unpaired) electrons. The fourth-order valence-electron chi connectivity index (χ4n) is 3.45. The van der Waals surface area contributed by atoms with Crippen molar-refractivity contribution in [1.82, 2.24) is 28.4 Å². The zero-order chi connectivity index (χ0) is 26.1. The van der Waals surface area contributed by atoms with Gasteiger partial charge < -0.3 is 5.11 Å². The molecule has 0 spiro atoms. The highest BCUT2D eigenvalue weighted by molar-refractivity contribution is 5.98. The first-order valence-corrected chi connectivity index (χ1v) is 10.1. The van der Waals surface area contributed by atoms with E-state index in [1.165, 1.54) is 19.9 Å². The smallest absolute Gasteiger partial charge is 0.344 e. The Kier molecular flexibility index (Phi) is 7.17. The number of urea groups is 2. The van der Waals surface area contributed by atoms with Crippen molar-refractivity contribution in [2.45, 2.75) is 46.0 Å². The van der Waals surface area contributed by atoms with Gasteiger partial charge in [-0.05, 0) is 34.1 Å². The Hall–Kier alpha value is -4.19. The Balaban J connectivity index is 2.51. The van der Waals surface area contributed by atoms with E-state index in [9.17, 15) is 29.1 Å². The molecule has 1 unspecified atom stereocenters. The monoisotopic (exact) mass is 472 g/mol. The van der Waals surface area contributed by atoms with Crippen LogP contribution in [0.3, 0.4) is 0 Å². The van der Waals surface area contributed by atoms with Gasteiger partial charge in [-0.2, -0.15) is 0 Å². The van der Waals surface area contributed by atoms with Crippen molar-refractivity contribution in [2.24, 2.45) is 0 Å². The van der Waals surface area contributed by atoms with Gasteiger partial charge in [-0.15, -0.1) is 0 Å². The molecule has 4 amide bonds. The largest absolute Gasteiger partial charge is 0.356 e. The van der Waals surface area contributed by atoms with E-state index < -0.39 is 41.0 Å². The van der Waals surface area contributed by atoms with Gasteiger partial charge in [0.2, 0.25) is 6.35 Å². The second-order valence-corrected chi connectivity index (χ2v) is 8.18. The lowest BCUT2D eigenvalue weighted by molar-refractivity contribution is -0.111. The summed E-state index contributed by atoms with van der Waals surface area (Å²) in [5.74, 6) is 0. The van der Waals surface area contributed by atoms with E-state index in [4.69, 9.17) is 0 Å². The second-order valence-electron chi connectivity index (χ2n) is 8.18. The molecule has 1 saturated heterocycles. The van der Waals surface area contributed by atoms with Crippen LogP contribution in [0.15, 0.2) is 58.2 Å². The summed E-state index contributed by atoms with van der Waals surface area (Å²) in [6.45, 7) is 20.4. The van der Waals surface area contributed by atoms with Crippen molar-refractivity contribution in [2.75, 3.05) is 0 Å². The molecule has 1 atom stereocenters. The molecule has 34 heavy (non-hydrogen) atoms. The SMILES string of the molecule is C=Cn1c(=O)n(C=C)c(=O)n(/C=C/CC(C)(C)N2C(=O)N(C(=C)C)C(=O)N(C(=C)C)C2O)c1=O. The highest BCUT2D eigenvalue weighted by atomic mass is 16.3. The molecule has 12 nitrogen and oxygen atoms in total. The Labute approximate surface area is 195 Å². The maximum atomic E-state index is 13.1. The van der Waals surface area contributed by atoms with Gasteiger partial charge in [0, 0.05) is 35.5 Å². The lowest BCUT2D eigenvalue weighted by Gasteiger charge is -2.50. The summed E-state index contributed by atoms with van der Waals surface area (Å²) in [5.41, 5.74) is -3.58. The van der Waals surface area contributed by atoms with Crippen molar-refractivity contribution < 1.29 is 14.7 Å². The first-order valence-electron chi connectivity index (χ1n) is 10.1. The highest BCUT2D eigenvalue weighted by Gasteiger charge is 2.49. The number of hydrogen-bond donors (Lipinski definition) is 1. The molecule has 1 aliphatic heterocycles. The van der Waals surface area contributed by atoms with Crippen LogP contribution in [0.1, 0.15) is 34.1 Å². The molecular formula is C22H28N6O6. The lowest BCUT2D eigenvalue weighted by Crippen LogP contribution is -2.69. The first-order chi connectivity index (χ1) is 15.7. The summed E-state index contributed by atoms with van der Waals surface area (Å²) in [4.78, 5) is 65.9. The third-order valence-electron chi connectivity index (χ3n) is 5.18. The molecule has 0 aromatic carbocycles. The Morgan fingerprint density at radius 2 is 1.35 bits per heavy atom. The minimum Gasteiger partial charge on any atom is -0.356 e. The number of hydrogen-bond acceptors (Lipinski definition) is 6. The normalized spacial score (nSPS) is 16.9. The fraction of sp³-hybridized carbons (Fsp3) is 0.318. The molecule has 182 valence electrons. The number of allylic oxidation sites excluding steroid dienone is 2. The van der Waals surface area contributed by atoms with Gasteiger partial charge in [0.1, 0.15) is 0 Å². The number of nitrogens with zero attached hydrogens (tertiary/aromatic N) is 6. The zero-order valence-electron chi connectivity index (χ0n) is 19.6. The van der Waals surface area contributed by atoms with Gasteiger partial charge in [-0.1, -0.05) is 32.4 Å². The molecule has 0 saturated carbocycles. The van der Waals surface area contributed by atoms with Gasteiger partial charge in [0.25, 0.3) is 0 Å². The van der Waals surface area contributed by atoms with Gasteiger partial charge in [-0.25, -0.2) is 42.6 Å². The minimum atomic E-state index is -1.65. The third kappa shape index (κ3) is 4.22. The van der Waals surface area contributed by atoms with Crippen molar-refractivity contribution in [3.05, 3.63) is 75.2 Å². The molecule has 12 heteroatoms. The van der Waals surface area contributed by atoms with Crippen molar-refractivity contribution in [3.63, 3.8) is 0 Å². The van der Waals surface area contributed by atoms with Gasteiger partial charge in [0.15, 0.2) is 0 Å². The number of aromatic nitrogens is 3. The maximum Gasteiger partial charge on any atom is 0.344 e. The van der Waals surface area contributed by atoms with Crippen LogP contribution in [0.4, 0.5) is 9.59 Å². The summed E-state index contributed by atoms with van der Waals surface area (Å²) in [5, 5.41) is 10.8. The lowest BCUT2D eigenvalue weighted by atomic mass is 9.97. The Bertz CT molecular complexity index is 1250. The highest BCUT2D eigenvalue weighted by Crippen LogP contribution is 2.32. The van der Waals surface area contributed by atoms with E-state index in [1.807, 2.05) is 0 Å². The number of aliphatic hydroxyl groups excluding tert-OH is 1. The van der Waals surface area contributed by atoms with Crippen LogP contribution in [-0.2, 0) is 0 Å². The van der Waals surface area contributed by atoms with E-state index in [2.05, 4.69) is 26.3 Å². The summed E-state index contributed by atoms with van der Waals surface area (Å²) in [6.07, 6.45) is 2.88.